The molecule has 0 aromatic rings. The van der Waals surface area contributed by atoms with Crippen LogP contribution in [-0.2, 0) is 4.74 Å². The zero-order valence-corrected chi connectivity index (χ0v) is 8.42. The normalized spacial score (nSPS) is 20.8. The van der Waals surface area contributed by atoms with Gasteiger partial charge in [0, 0.05) is 13.2 Å². The molecule has 14 heavy (non-hydrogen) atoms. The monoisotopic (exact) mass is 201 g/mol. The molecule has 1 fully saturated rings. The number of ether oxygens (including phenoxy) is 1. The van der Waals surface area contributed by atoms with Gasteiger partial charge in [-0.05, 0) is 25.8 Å². The number of unbranched alkanes of at least 4 members (excludes halogenated alkanes) is 1. The van der Waals surface area contributed by atoms with Gasteiger partial charge in [0.25, 0.3) is 0 Å². The van der Waals surface area contributed by atoms with E-state index in [0.29, 0.717) is 19.7 Å². The first kappa shape index (κ1) is 11.3. The fourth-order valence-corrected chi connectivity index (χ4v) is 1.36. The second kappa shape index (κ2) is 6.62. The number of rotatable bonds is 5. The van der Waals surface area contributed by atoms with E-state index < -0.39 is 0 Å². The third kappa shape index (κ3) is 4.43. The van der Waals surface area contributed by atoms with Gasteiger partial charge in [0.05, 0.1) is 12.6 Å². The molecule has 0 aromatic heterocycles. The minimum atomic E-state index is -0.0995. The molecular formula is C9H19N3O2. The topological polar surface area (TPSA) is 76.4 Å². The highest BCUT2D eigenvalue weighted by Crippen LogP contribution is 2.02. The summed E-state index contributed by atoms with van der Waals surface area (Å²) < 4.78 is 5.14. The summed E-state index contributed by atoms with van der Waals surface area (Å²) in [5.74, 6) is 0. The molecule has 82 valence electrons. The van der Waals surface area contributed by atoms with Gasteiger partial charge in [-0.2, -0.15) is 0 Å². The summed E-state index contributed by atoms with van der Waals surface area (Å²) in [6.45, 7) is 2.75. The molecule has 1 aliphatic heterocycles. The highest BCUT2D eigenvalue weighted by Gasteiger charge is 2.16. The van der Waals surface area contributed by atoms with E-state index in [1.807, 2.05) is 0 Å². The van der Waals surface area contributed by atoms with Crippen molar-refractivity contribution >= 4 is 6.03 Å². The third-order valence-corrected chi connectivity index (χ3v) is 2.18. The summed E-state index contributed by atoms with van der Waals surface area (Å²) in [7, 11) is 0. The quantitative estimate of drug-likeness (QED) is 0.540. The molecule has 0 aliphatic carbocycles. The van der Waals surface area contributed by atoms with Crippen LogP contribution >= 0.6 is 0 Å². The van der Waals surface area contributed by atoms with Crippen LogP contribution < -0.4 is 16.4 Å². The molecule has 0 aromatic carbocycles. The SMILES string of the molecule is NCCCCNC(=O)NC1CCOC1. The van der Waals surface area contributed by atoms with Gasteiger partial charge >= 0.3 is 6.03 Å². The number of amides is 2. The Bertz CT molecular complexity index is 169. The van der Waals surface area contributed by atoms with E-state index >= 15 is 0 Å². The van der Waals surface area contributed by atoms with E-state index in [9.17, 15) is 4.79 Å². The maximum Gasteiger partial charge on any atom is 0.315 e. The van der Waals surface area contributed by atoms with Crippen molar-refractivity contribution in [1.82, 2.24) is 10.6 Å². The van der Waals surface area contributed by atoms with E-state index in [1.165, 1.54) is 0 Å². The predicted octanol–water partition coefficient (Wildman–Crippen LogP) is -0.187. The van der Waals surface area contributed by atoms with Crippen LogP contribution in [-0.4, -0.2) is 38.4 Å². The number of carbonyl (C=O) groups is 1. The Morgan fingerprint density at radius 1 is 1.50 bits per heavy atom. The third-order valence-electron chi connectivity index (χ3n) is 2.18. The summed E-state index contributed by atoms with van der Waals surface area (Å²) in [6, 6.07) is 0.0852. The van der Waals surface area contributed by atoms with Gasteiger partial charge in [-0.15, -0.1) is 0 Å². The molecule has 1 aliphatic rings. The van der Waals surface area contributed by atoms with Crippen molar-refractivity contribution in [2.75, 3.05) is 26.3 Å². The molecule has 1 atom stereocenters. The summed E-state index contributed by atoms with van der Waals surface area (Å²) in [5.41, 5.74) is 5.33. The minimum absolute atomic E-state index is 0.0995. The summed E-state index contributed by atoms with van der Waals surface area (Å²) in [6.07, 6.45) is 2.80. The Labute approximate surface area is 84.4 Å². The molecule has 5 heteroatoms. The lowest BCUT2D eigenvalue weighted by atomic mass is 10.3. The van der Waals surface area contributed by atoms with Gasteiger partial charge in [0.1, 0.15) is 0 Å². The zero-order chi connectivity index (χ0) is 10.2. The molecule has 5 nitrogen and oxygen atoms in total. The van der Waals surface area contributed by atoms with E-state index in [4.69, 9.17) is 10.5 Å². The van der Waals surface area contributed by atoms with Crippen LogP contribution in [0.1, 0.15) is 19.3 Å². The highest BCUT2D eigenvalue weighted by atomic mass is 16.5. The van der Waals surface area contributed by atoms with Gasteiger partial charge in [-0.25, -0.2) is 4.79 Å². The Balaban J connectivity index is 1.98. The maximum atomic E-state index is 11.3. The van der Waals surface area contributed by atoms with Crippen LogP contribution in [0.25, 0.3) is 0 Å². The molecule has 0 bridgehead atoms. The number of nitrogens with two attached hydrogens (primary N) is 1. The summed E-state index contributed by atoms with van der Waals surface area (Å²) in [4.78, 5) is 11.3. The zero-order valence-electron chi connectivity index (χ0n) is 8.42. The summed E-state index contributed by atoms with van der Waals surface area (Å²) >= 11 is 0. The molecule has 1 heterocycles. The van der Waals surface area contributed by atoms with Gasteiger partial charge < -0.3 is 21.1 Å². The van der Waals surface area contributed by atoms with Crippen molar-refractivity contribution < 1.29 is 9.53 Å². The standard InChI is InChI=1S/C9H19N3O2/c10-4-1-2-5-11-9(13)12-8-3-6-14-7-8/h8H,1-7,10H2,(H2,11,12,13). The number of hydrogen-bond donors (Lipinski definition) is 3. The second-order valence-corrected chi connectivity index (χ2v) is 3.46. The highest BCUT2D eigenvalue weighted by molar-refractivity contribution is 5.74. The van der Waals surface area contributed by atoms with Crippen molar-refractivity contribution in [2.45, 2.75) is 25.3 Å². The van der Waals surface area contributed by atoms with Crippen molar-refractivity contribution in [1.29, 1.82) is 0 Å². The van der Waals surface area contributed by atoms with Gasteiger partial charge in [0.15, 0.2) is 0 Å². The molecule has 1 saturated heterocycles. The van der Waals surface area contributed by atoms with Crippen molar-refractivity contribution in [2.24, 2.45) is 5.73 Å². The lowest BCUT2D eigenvalue weighted by Gasteiger charge is -2.11. The fourth-order valence-electron chi connectivity index (χ4n) is 1.36. The van der Waals surface area contributed by atoms with Crippen molar-refractivity contribution in [3.63, 3.8) is 0 Å². The number of nitrogens with one attached hydrogen (secondary N) is 2. The van der Waals surface area contributed by atoms with E-state index in [0.717, 1.165) is 25.9 Å². The first-order chi connectivity index (χ1) is 6.83. The minimum Gasteiger partial charge on any atom is -0.379 e. The molecule has 1 rings (SSSR count). The Morgan fingerprint density at radius 3 is 3.00 bits per heavy atom. The average molecular weight is 201 g/mol. The Morgan fingerprint density at radius 2 is 2.36 bits per heavy atom. The van der Waals surface area contributed by atoms with Crippen LogP contribution in [0, 0.1) is 0 Å². The lowest BCUT2D eigenvalue weighted by Crippen LogP contribution is -2.42. The smallest absolute Gasteiger partial charge is 0.315 e. The first-order valence-corrected chi connectivity index (χ1v) is 5.15. The summed E-state index contributed by atoms with van der Waals surface area (Å²) in [5, 5.41) is 5.63. The molecular weight excluding hydrogens is 182 g/mol. The van der Waals surface area contributed by atoms with E-state index in [-0.39, 0.29) is 12.1 Å². The van der Waals surface area contributed by atoms with Crippen molar-refractivity contribution in [3.05, 3.63) is 0 Å². The fraction of sp³-hybridized carbons (Fsp3) is 0.889. The number of urea groups is 1. The molecule has 0 spiro atoms. The van der Waals surface area contributed by atoms with Crippen LogP contribution in [0.2, 0.25) is 0 Å². The predicted molar refractivity (Wildman–Crippen MR) is 54.0 cm³/mol. The van der Waals surface area contributed by atoms with Crippen LogP contribution in [0.5, 0.6) is 0 Å². The molecule has 1 unspecified atom stereocenters. The Kier molecular flexibility index (Phi) is 5.32. The molecule has 0 radical (unpaired) electrons. The van der Waals surface area contributed by atoms with Gasteiger partial charge in [-0.3, -0.25) is 0 Å². The largest absolute Gasteiger partial charge is 0.379 e. The second-order valence-electron chi connectivity index (χ2n) is 3.46. The van der Waals surface area contributed by atoms with Crippen LogP contribution in [0.15, 0.2) is 0 Å². The number of carbonyl (C=O) groups excluding carboxylic acids is 1. The maximum absolute atomic E-state index is 11.3. The first-order valence-electron chi connectivity index (χ1n) is 5.15. The van der Waals surface area contributed by atoms with E-state index in [2.05, 4.69) is 10.6 Å². The van der Waals surface area contributed by atoms with Crippen LogP contribution in [0.4, 0.5) is 4.79 Å². The number of hydrogen-bond acceptors (Lipinski definition) is 3. The Hall–Kier alpha value is -0.810. The van der Waals surface area contributed by atoms with Crippen LogP contribution in [0.3, 0.4) is 0 Å². The lowest BCUT2D eigenvalue weighted by molar-refractivity contribution is 0.188. The molecule has 0 saturated carbocycles. The average Bonchev–Trinajstić information content (AvgIpc) is 2.65. The van der Waals surface area contributed by atoms with E-state index in [1.54, 1.807) is 0 Å². The molecule has 2 amide bonds. The van der Waals surface area contributed by atoms with Gasteiger partial charge in [0.2, 0.25) is 0 Å². The van der Waals surface area contributed by atoms with Gasteiger partial charge in [-0.1, -0.05) is 0 Å². The molecule has 4 N–H and O–H groups in total. The van der Waals surface area contributed by atoms with Crippen molar-refractivity contribution in [3.8, 4) is 0 Å².